The van der Waals surface area contributed by atoms with Crippen LogP contribution in [-0.4, -0.2) is 22.2 Å². The third-order valence-corrected chi connectivity index (χ3v) is 3.77. The zero-order valence-corrected chi connectivity index (χ0v) is 11.2. The Hall–Kier alpha value is -2.22. The molecular weight excluding hydrogens is 256 g/mol. The predicted octanol–water partition coefficient (Wildman–Crippen LogP) is 2.30. The van der Waals surface area contributed by atoms with Crippen LogP contribution >= 0.6 is 0 Å². The zero-order chi connectivity index (χ0) is 14.5. The first-order chi connectivity index (χ1) is 9.61. The molecule has 0 spiro atoms. The molecule has 1 aliphatic rings. The summed E-state index contributed by atoms with van der Waals surface area (Å²) in [5, 5.41) is 30.9. The molecule has 1 aromatic carbocycles. The molecule has 20 heavy (non-hydrogen) atoms. The van der Waals surface area contributed by atoms with E-state index in [1.54, 1.807) is 0 Å². The Morgan fingerprint density at radius 1 is 1.30 bits per heavy atom. The van der Waals surface area contributed by atoms with Crippen molar-refractivity contribution in [3.8, 4) is 17.6 Å². The van der Waals surface area contributed by atoms with Gasteiger partial charge in [0.05, 0.1) is 11.6 Å². The third-order valence-electron chi connectivity index (χ3n) is 3.77. The molecule has 0 aromatic heterocycles. The fraction of sp³-hybridized carbons (Fsp3) is 0.467. The lowest BCUT2D eigenvalue weighted by atomic mass is 9.84. The van der Waals surface area contributed by atoms with Gasteiger partial charge in [-0.25, -0.2) is 0 Å². The fourth-order valence-electron chi connectivity index (χ4n) is 2.65. The maximum Gasteiger partial charge on any atom is 0.256 e. The van der Waals surface area contributed by atoms with E-state index < -0.39 is 11.9 Å². The van der Waals surface area contributed by atoms with E-state index in [9.17, 15) is 20.3 Å². The minimum absolute atomic E-state index is 0.0129. The number of rotatable bonds is 3. The Morgan fingerprint density at radius 3 is 2.65 bits per heavy atom. The summed E-state index contributed by atoms with van der Waals surface area (Å²) < 4.78 is 0. The average molecular weight is 274 g/mol. The van der Waals surface area contributed by atoms with Gasteiger partial charge in [0.2, 0.25) is 0 Å². The lowest BCUT2D eigenvalue weighted by molar-refractivity contribution is 0.0926. The molecule has 0 aliphatic heterocycles. The van der Waals surface area contributed by atoms with Crippen molar-refractivity contribution >= 4 is 5.91 Å². The summed E-state index contributed by atoms with van der Waals surface area (Å²) in [6, 6.07) is 5.33. The van der Waals surface area contributed by atoms with Gasteiger partial charge in [-0.05, 0) is 37.0 Å². The van der Waals surface area contributed by atoms with E-state index in [-0.39, 0.29) is 23.0 Å². The summed E-state index contributed by atoms with van der Waals surface area (Å²) >= 11 is 0. The standard InChI is InChI=1S/C15H18N2O3/c16-9-13(10-4-2-1-3-5-10)17-15(20)12-8-11(18)6-7-14(12)19/h6-8,10,13,18-19H,1-5H2,(H,17,20). The average Bonchev–Trinajstić information content (AvgIpc) is 2.48. The van der Waals surface area contributed by atoms with E-state index in [4.69, 9.17) is 0 Å². The predicted molar refractivity (Wildman–Crippen MR) is 73.2 cm³/mol. The maximum atomic E-state index is 12.1. The number of nitrogens with zero attached hydrogens (tertiary/aromatic N) is 1. The van der Waals surface area contributed by atoms with E-state index in [0.717, 1.165) is 25.7 Å². The van der Waals surface area contributed by atoms with Gasteiger partial charge >= 0.3 is 0 Å². The largest absolute Gasteiger partial charge is 0.508 e. The normalized spacial score (nSPS) is 17.1. The number of nitrogens with one attached hydrogen (secondary N) is 1. The number of carbonyl (C=O) groups is 1. The number of benzene rings is 1. The highest BCUT2D eigenvalue weighted by Gasteiger charge is 2.26. The van der Waals surface area contributed by atoms with E-state index in [1.807, 2.05) is 0 Å². The van der Waals surface area contributed by atoms with Gasteiger partial charge < -0.3 is 15.5 Å². The lowest BCUT2D eigenvalue weighted by Crippen LogP contribution is -2.40. The van der Waals surface area contributed by atoms with Crippen LogP contribution in [0.5, 0.6) is 11.5 Å². The van der Waals surface area contributed by atoms with Gasteiger partial charge in [-0.15, -0.1) is 0 Å². The molecule has 1 atom stereocenters. The Labute approximate surface area is 117 Å². The highest BCUT2D eigenvalue weighted by atomic mass is 16.3. The molecule has 1 unspecified atom stereocenters. The van der Waals surface area contributed by atoms with Crippen molar-refractivity contribution in [3.63, 3.8) is 0 Å². The third kappa shape index (κ3) is 3.21. The minimum Gasteiger partial charge on any atom is -0.508 e. The molecule has 1 aromatic rings. The van der Waals surface area contributed by atoms with Gasteiger partial charge in [0.1, 0.15) is 17.5 Å². The van der Waals surface area contributed by atoms with Crippen LogP contribution in [0, 0.1) is 17.2 Å². The zero-order valence-electron chi connectivity index (χ0n) is 11.2. The van der Waals surface area contributed by atoms with Crippen molar-refractivity contribution in [2.24, 2.45) is 5.92 Å². The van der Waals surface area contributed by atoms with E-state index >= 15 is 0 Å². The van der Waals surface area contributed by atoms with Crippen molar-refractivity contribution in [1.82, 2.24) is 5.32 Å². The molecule has 1 fully saturated rings. The summed E-state index contributed by atoms with van der Waals surface area (Å²) in [6.07, 6.45) is 5.21. The van der Waals surface area contributed by atoms with Gasteiger partial charge in [0, 0.05) is 0 Å². The second-order valence-corrected chi connectivity index (χ2v) is 5.18. The highest BCUT2D eigenvalue weighted by molar-refractivity contribution is 5.97. The van der Waals surface area contributed by atoms with Gasteiger partial charge in [-0.1, -0.05) is 19.3 Å². The second-order valence-electron chi connectivity index (χ2n) is 5.18. The number of amides is 1. The smallest absolute Gasteiger partial charge is 0.256 e. The molecule has 0 bridgehead atoms. The summed E-state index contributed by atoms with van der Waals surface area (Å²) in [7, 11) is 0. The quantitative estimate of drug-likeness (QED) is 0.737. The number of carbonyl (C=O) groups excluding carboxylic acids is 1. The monoisotopic (exact) mass is 274 g/mol. The SMILES string of the molecule is N#CC(NC(=O)c1cc(O)ccc1O)C1CCCCC1. The molecular formula is C15H18N2O3. The van der Waals surface area contributed by atoms with Gasteiger partial charge in [-0.3, -0.25) is 4.79 Å². The number of phenols is 2. The highest BCUT2D eigenvalue weighted by Crippen LogP contribution is 2.27. The summed E-state index contributed by atoms with van der Waals surface area (Å²) in [5.41, 5.74) is -0.0129. The van der Waals surface area contributed by atoms with Crippen molar-refractivity contribution in [2.45, 2.75) is 38.1 Å². The fourth-order valence-corrected chi connectivity index (χ4v) is 2.65. The molecule has 3 N–H and O–H groups in total. The van der Waals surface area contributed by atoms with E-state index in [0.29, 0.717) is 0 Å². The van der Waals surface area contributed by atoms with Crippen molar-refractivity contribution in [3.05, 3.63) is 23.8 Å². The molecule has 0 saturated heterocycles. The Bertz CT molecular complexity index is 530. The maximum absolute atomic E-state index is 12.1. The molecule has 5 nitrogen and oxygen atoms in total. The molecule has 1 amide bonds. The molecule has 1 aliphatic carbocycles. The first kappa shape index (κ1) is 14.2. The van der Waals surface area contributed by atoms with Crippen LogP contribution < -0.4 is 5.32 Å². The van der Waals surface area contributed by atoms with Crippen LogP contribution in [0.4, 0.5) is 0 Å². The summed E-state index contributed by atoms with van der Waals surface area (Å²) in [4.78, 5) is 12.1. The topological polar surface area (TPSA) is 93.4 Å². The van der Waals surface area contributed by atoms with Crippen LogP contribution in [-0.2, 0) is 0 Å². The van der Waals surface area contributed by atoms with Crippen LogP contribution in [0.25, 0.3) is 0 Å². The van der Waals surface area contributed by atoms with Crippen LogP contribution in [0.2, 0.25) is 0 Å². The molecule has 106 valence electrons. The molecule has 0 heterocycles. The number of aromatic hydroxyl groups is 2. The molecule has 1 saturated carbocycles. The minimum atomic E-state index is -0.551. The Balaban J connectivity index is 2.09. The second kappa shape index (κ2) is 6.29. The van der Waals surface area contributed by atoms with Gasteiger partial charge in [0.25, 0.3) is 5.91 Å². The number of nitriles is 1. The number of hydrogen-bond donors (Lipinski definition) is 3. The van der Waals surface area contributed by atoms with E-state index in [1.165, 1.54) is 24.6 Å². The first-order valence-corrected chi connectivity index (χ1v) is 6.84. The van der Waals surface area contributed by atoms with E-state index in [2.05, 4.69) is 11.4 Å². The van der Waals surface area contributed by atoms with Crippen molar-refractivity contribution in [1.29, 1.82) is 5.26 Å². The summed E-state index contributed by atoms with van der Waals surface area (Å²) in [6.45, 7) is 0. The Kier molecular flexibility index (Phi) is 4.46. The first-order valence-electron chi connectivity index (χ1n) is 6.84. The molecule has 0 radical (unpaired) electrons. The lowest BCUT2D eigenvalue weighted by Gasteiger charge is -2.26. The molecule has 5 heteroatoms. The van der Waals surface area contributed by atoms with Crippen LogP contribution in [0.15, 0.2) is 18.2 Å². The summed E-state index contributed by atoms with van der Waals surface area (Å²) in [5.74, 6) is -0.674. The van der Waals surface area contributed by atoms with Crippen molar-refractivity contribution < 1.29 is 15.0 Å². The van der Waals surface area contributed by atoms with Crippen LogP contribution in [0.1, 0.15) is 42.5 Å². The van der Waals surface area contributed by atoms with Gasteiger partial charge in [0.15, 0.2) is 0 Å². The number of hydrogen-bond acceptors (Lipinski definition) is 4. The number of phenolic OH excluding ortho intramolecular Hbond substituents is 2. The van der Waals surface area contributed by atoms with Crippen LogP contribution in [0.3, 0.4) is 0 Å². The Morgan fingerprint density at radius 2 is 2.00 bits per heavy atom. The van der Waals surface area contributed by atoms with Gasteiger partial charge in [-0.2, -0.15) is 5.26 Å². The molecule has 2 rings (SSSR count). The van der Waals surface area contributed by atoms with Crippen molar-refractivity contribution in [2.75, 3.05) is 0 Å².